The van der Waals surface area contributed by atoms with Gasteiger partial charge < -0.3 is 0 Å². The number of hydrogen-bond acceptors (Lipinski definition) is 3. The lowest BCUT2D eigenvalue weighted by atomic mass is 9.91. The van der Waals surface area contributed by atoms with E-state index in [0.29, 0.717) is 11.1 Å². The lowest BCUT2D eigenvalue weighted by molar-refractivity contribution is 0.0962. The molecule has 2 aromatic heterocycles. The van der Waals surface area contributed by atoms with Gasteiger partial charge in [0.1, 0.15) is 0 Å². The first-order chi connectivity index (χ1) is 16.5. The Morgan fingerprint density at radius 2 is 1.62 bits per heavy atom. The SMILES string of the molecule is CC(=O)c1ccc2ccn(C(=O)c3cccnc3)c2c1.CCCC(CCC)Cc1ccccc1. The van der Waals surface area contributed by atoms with Gasteiger partial charge in [-0.3, -0.25) is 19.1 Å². The second-order valence-electron chi connectivity index (χ2n) is 8.70. The fraction of sp³-hybridized carbons (Fsp3) is 0.300. The van der Waals surface area contributed by atoms with Crippen molar-refractivity contribution in [2.75, 3.05) is 0 Å². The molecule has 4 aromatic rings. The van der Waals surface area contributed by atoms with Crippen LogP contribution in [0.1, 0.15) is 72.7 Å². The van der Waals surface area contributed by atoms with Gasteiger partial charge in [-0.2, -0.15) is 0 Å². The molecule has 0 fully saturated rings. The average Bonchev–Trinajstić information content (AvgIpc) is 3.29. The highest BCUT2D eigenvalue weighted by Crippen LogP contribution is 2.20. The third kappa shape index (κ3) is 6.74. The van der Waals surface area contributed by atoms with Crippen LogP contribution in [0.15, 0.2) is 85.3 Å². The summed E-state index contributed by atoms with van der Waals surface area (Å²) in [6, 6.07) is 21.5. The summed E-state index contributed by atoms with van der Waals surface area (Å²) in [6.45, 7) is 6.08. The fourth-order valence-electron chi connectivity index (χ4n) is 4.27. The Morgan fingerprint density at radius 3 is 2.24 bits per heavy atom. The normalized spacial score (nSPS) is 10.7. The highest BCUT2D eigenvalue weighted by Gasteiger charge is 2.12. The van der Waals surface area contributed by atoms with E-state index in [1.54, 1.807) is 41.2 Å². The molecule has 4 nitrogen and oxygen atoms in total. The molecule has 0 unspecified atom stereocenters. The smallest absolute Gasteiger partial charge is 0.263 e. The van der Waals surface area contributed by atoms with Gasteiger partial charge >= 0.3 is 0 Å². The topological polar surface area (TPSA) is 52.0 Å². The van der Waals surface area contributed by atoms with Crippen LogP contribution in [0.5, 0.6) is 0 Å². The number of nitrogens with zero attached hydrogens (tertiary/aromatic N) is 2. The molecular formula is C30H34N2O2. The first-order valence-corrected chi connectivity index (χ1v) is 12.1. The highest BCUT2D eigenvalue weighted by molar-refractivity contribution is 6.04. The van der Waals surface area contributed by atoms with Gasteiger partial charge in [0.15, 0.2) is 5.78 Å². The Balaban J connectivity index is 0.000000204. The standard InChI is InChI=1S/C16H12N2O2.C14H22/c1-11(19)13-5-4-12-6-8-18(15(12)9-13)16(20)14-3-2-7-17-10-14;1-3-8-13(9-4-2)12-14-10-6-5-7-11-14/h2-10H,1H3;5-7,10-11,13H,3-4,8-9,12H2,1-2H3. The second kappa shape index (κ2) is 12.6. The van der Waals surface area contributed by atoms with E-state index in [-0.39, 0.29) is 11.7 Å². The van der Waals surface area contributed by atoms with Crippen molar-refractivity contribution in [3.63, 3.8) is 0 Å². The van der Waals surface area contributed by atoms with E-state index in [1.807, 2.05) is 12.1 Å². The lowest BCUT2D eigenvalue weighted by Gasteiger charge is -2.14. The molecule has 0 aliphatic rings. The van der Waals surface area contributed by atoms with Crippen LogP contribution in [0, 0.1) is 5.92 Å². The Labute approximate surface area is 202 Å². The quantitative estimate of drug-likeness (QED) is 0.261. The molecule has 0 atom stereocenters. The first-order valence-electron chi connectivity index (χ1n) is 12.1. The minimum atomic E-state index is -0.159. The maximum Gasteiger partial charge on any atom is 0.263 e. The van der Waals surface area contributed by atoms with Crippen molar-refractivity contribution >= 4 is 22.6 Å². The molecule has 0 saturated heterocycles. The molecule has 34 heavy (non-hydrogen) atoms. The summed E-state index contributed by atoms with van der Waals surface area (Å²) >= 11 is 0. The van der Waals surface area contributed by atoms with E-state index < -0.39 is 0 Å². The lowest BCUT2D eigenvalue weighted by Crippen LogP contribution is -2.11. The largest absolute Gasteiger partial charge is 0.295 e. The number of rotatable bonds is 8. The van der Waals surface area contributed by atoms with E-state index in [1.165, 1.54) is 50.8 Å². The van der Waals surface area contributed by atoms with Crippen LogP contribution in [-0.2, 0) is 6.42 Å². The van der Waals surface area contributed by atoms with Crippen LogP contribution in [0.2, 0.25) is 0 Å². The van der Waals surface area contributed by atoms with Crippen LogP contribution >= 0.6 is 0 Å². The third-order valence-electron chi connectivity index (χ3n) is 5.99. The number of hydrogen-bond donors (Lipinski definition) is 0. The summed E-state index contributed by atoms with van der Waals surface area (Å²) in [6.07, 6.45) is 11.5. The molecular weight excluding hydrogens is 420 g/mol. The molecule has 0 radical (unpaired) electrons. The summed E-state index contributed by atoms with van der Waals surface area (Å²) in [5.74, 6) is 0.717. The van der Waals surface area contributed by atoms with Crippen LogP contribution in [0.3, 0.4) is 0 Å². The molecule has 0 aliphatic heterocycles. The van der Waals surface area contributed by atoms with E-state index >= 15 is 0 Å². The van der Waals surface area contributed by atoms with Gasteiger partial charge in [0.2, 0.25) is 0 Å². The number of carbonyl (C=O) groups is 2. The number of carbonyl (C=O) groups excluding carboxylic acids is 2. The molecule has 0 bridgehead atoms. The average molecular weight is 455 g/mol. The van der Waals surface area contributed by atoms with Gasteiger partial charge in [-0.15, -0.1) is 0 Å². The Bertz CT molecular complexity index is 1190. The van der Waals surface area contributed by atoms with Crippen molar-refractivity contribution in [1.29, 1.82) is 0 Å². The number of aromatic nitrogens is 2. The van der Waals surface area contributed by atoms with Crippen molar-refractivity contribution in [3.05, 3.63) is 102 Å². The Morgan fingerprint density at radius 1 is 0.882 bits per heavy atom. The van der Waals surface area contributed by atoms with Crippen LogP contribution in [0.25, 0.3) is 10.9 Å². The zero-order chi connectivity index (χ0) is 24.3. The molecule has 0 N–H and O–H groups in total. The predicted molar refractivity (Wildman–Crippen MR) is 139 cm³/mol. The molecule has 0 saturated carbocycles. The van der Waals surface area contributed by atoms with Crippen LogP contribution < -0.4 is 0 Å². The maximum absolute atomic E-state index is 12.4. The third-order valence-corrected chi connectivity index (χ3v) is 5.99. The zero-order valence-corrected chi connectivity index (χ0v) is 20.4. The van der Waals surface area contributed by atoms with E-state index in [2.05, 4.69) is 49.2 Å². The predicted octanol–water partition coefficient (Wildman–Crippen LogP) is 7.37. The molecule has 176 valence electrons. The van der Waals surface area contributed by atoms with Crippen molar-refractivity contribution in [3.8, 4) is 0 Å². The molecule has 4 rings (SSSR count). The molecule has 0 spiro atoms. The minimum Gasteiger partial charge on any atom is -0.295 e. The molecule has 4 heteroatoms. The van der Waals surface area contributed by atoms with E-state index in [0.717, 1.165) is 16.8 Å². The zero-order valence-electron chi connectivity index (χ0n) is 20.4. The number of ketones is 1. The summed E-state index contributed by atoms with van der Waals surface area (Å²) in [5, 5.41) is 0.923. The summed E-state index contributed by atoms with van der Waals surface area (Å²) < 4.78 is 1.54. The van der Waals surface area contributed by atoms with Gasteiger partial charge in [0.05, 0.1) is 11.1 Å². The van der Waals surface area contributed by atoms with Crippen molar-refractivity contribution < 1.29 is 9.59 Å². The van der Waals surface area contributed by atoms with Crippen LogP contribution in [0.4, 0.5) is 0 Å². The van der Waals surface area contributed by atoms with Gasteiger partial charge in [0, 0.05) is 29.5 Å². The van der Waals surface area contributed by atoms with E-state index in [4.69, 9.17) is 0 Å². The molecule has 0 amide bonds. The fourth-order valence-corrected chi connectivity index (χ4v) is 4.27. The monoisotopic (exact) mass is 454 g/mol. The van der Waals surface area contributed by atoms with Crippen LogP contribution in [-0.4, -0.2) is 21.2 Å². The van der Waals surface area contributed by atoms with Crippen molar-refractivity contribution in [2.24, 2.45) is 5.92 Å². The molecule has 0 aliphatic carbocycles. The Kier molecular flexibility index (Phi) is 9.33. The summed E-state index contributed by atoms with van der Waals surface area (Å²) in [5.41, 5.74) is 3.33. The van der Waals surface area contributed by atoms with E-state index in [9.17, 15) is 9.59 Å². The number of pyridine rings is 1. The van der Waals surface area contributed by atoms with Crippen molar-refractivity contribution in [2.45, 2.75) is 52.9 Å². The van der Waals surface area contributed by atoms with Gasteiger partial charge in [-0.25, -0.2) is 0 Å². The number of benzene rings is 2. The molecule has 2 aromatic carbocycles. The first kappa shape index (κ1) is 25.1. The van der Waals surface area contributed by atoms with Gasteiger partial charge in [-0.05, 0) is 49.1 Å². The minimum absolute atomic E-state index is 0.0199. The molecule has 2 heterocycles. The maximum atomic E-state index is 12.4. The number of Topliss-reactive ketones (excluding diaryl/α,β-unsaturated/α-hetero) is 1. The van der Waals surface area contributed by atoms with Crippen molar-refractivity contribution in [1.82, 2.24) is 9.55 Å². The Hall–Kier alpha value is -3.53. The number of fused-ring (bicyclic) bond motifs is 1. The highest BCUT2D eigenvalue weighted by atomic mass is 16.2. The summed E-state index contributed by atoms with van der Waals surface area (Å²) in [7, 11) is 0. The summed E-state index contributed by atoms with van der Waals surface area (Å²) in [4.78, 5) is 27.9. The van der Waals surface area contributed by atoms with Gasteiger partial charge in [0.25, 0.3) is 5.91 Å². The second-order valence-corrected chi connectivity index (χ2v) is 8.70. The van der Waals surface area contributed by atoms with Gasteiger partial charge in [-0.1, -0.05) is 82.0 Å².